The maximum Gasteiger partial charge on any atom is 0.359 e. The molecule has 0 heterocycles. The van der Waals surface area contributed by atoms with E-state index in [4.69, 9.17) is 20.4 Å². The van der Waals surface area contributed by atoms with E-state index in [1.807, 2.05) is 0 Å². The summed E-state index contributed by atoms with van der Waals surface area (Å²) in [7, 11) is 0. The van der Waals surface area contributed by atoms with Crippen molar-refractivity contribution in [1.82, 2.24) is 0 Å². The second kappa shape index (κ2) is 7.53. The first kappa shape index (κ1) is 15.3. The van der Waals surface area contributed by atoms with Crippen molar-refractivity contribution in [2.24, 2.45) is 0 Å². The highest BCUT2D eigenvalue weighted by atomic mass is 16.4. The van der Waals surface area contributed by atoms with Crippen LogP contribution in [0, 0.1) is 0 Å². The Balaban J connectivity index is 4.68. The number of carboxylic acid groups (broad SMARTS) is 1. The van der Waals surface area contributed by atoms with Gasteiger partial charge in [-0.3, -0.25) is 0 Å². The number of carbonyl (C=O) groups is 1. The molecule has 0 saturated heterocycles. The molecule has 7 heteroatoms. The Labute approximate surface area is 93.8 Å². The highest BCUT2D eigenvalue weighted by Crippen LogP contribution is 2.08. The van der Waals surface area contributed by atoms with Gasteiger partial charge in [0.1, 0.15) is 25.7 Å². The maximum absolute atomic E-state index is 10.7. The number of carboxylic acids is 1. The minimum Gasteiger partial charge on any atom is -0.477 e. The SMILES string of the molecule is O=C(O)C[N+](CCO)(CCO)CC(O)CO. The summed E-state index contributed by atoms with van der Waals surface area (Å²) < 4.78 is -0.149. The zero-order valence-corrected chi connectivity index (χ0v) is 9.12. The first-order chi connectivity index (χ1) is 7.49. The van der Waals surface area contributed by atoms with Crippen molar-refractivity contribution in [3.63, 3.8) is 0 Å². The standard InChI is InChI=1S/C9H19NO6/c11-3-1-10(2-4-12,6-9(15)16)5-8(14)7-13/h8,11-14H,1-7H2/p+1. The van der Waals surface area contributed by atoms with Crippen LogP contribution in [-0.4, -0.2) is 88.1 Å². The Bertz CT molecular complexity index is 204. The lowest BCUT2D eigenvalue weighted by Crippen LogP contribution is -2.58. The molecule has 0 aromatic heterocycles. The average Bonchev–Trinajstić information content (AvgIpc) is 2.17. The number of aliphatic carboxylic acids is 1. The summed E-state index contributed by atoms with van der Waals surface area (Å²) in [5.41, 5.74) is 0. The third-order valence-electron chi connectivity index (χ3n) is 2.43. The van der Waals surface area contributed by atoms with Crippen molar-refractivity contribution >= 4 is 5.97 Å². The van der Waals surface area contributed by atoms with Crippen LogP contribution < -0.4 is 0 Å². The number of aliphatic hydroxyl groups excluding tert-OH is 4. The van der Waals surface area contributed by atoms with Crippen LogP contribution in [0.1, 0.15) is 0 Å². The van der Waals surface area contributed by atoms with E-state index in [9.17, 15) is 9.90 Å². The van der Waals surface area contributed by atoms with E-state index in [0.29, 0.717) is 0 Å². The lowest BCUT2D eigenvalue weighted by molar-refractivity contribution is -0.924. The molecule has 0 amide bonds. The summed E-state index contributed by atoms with van der Waals surface area (Å²) in [5.74, 6) is -1.08. The predicted molar refractivity (Wildman–Crippen MR) is 54.6 cm³/mol. The number of rotatable bonds is 9. The Morgan fingerprint density at radius 1 is 1.12 bits per heavy atom. The fourth-order valence-electron chi connectivity index (χ4n) is 1.73. The van der Waals surface area contributed by atoms with E-state index in [2.05, 4.69) is 0 Å². The smallest absolute Gasteiger partial charge is 0.359 e. The molecule has 7 nitrogen and oxygen atoms in total. The van der Waals surface area contributed by atoms with Gasteiger partial charge in [-0.1, -0.05) is 0 Å². The topological polar surface area (TPSA) is 118 Å². The molecule has 0 bridgehead atoms. The van der Waals surface area contributed by atoms with Crippen LogP contribution in [0.5, 0.6) is 0 Å². The van der Waals surface area contributed by atoms with Crippen molar-refractivity contribution in [2.45, 2.75) is 6.10 Å². The quantitative estimate of drug-likeness (QED) is 0.277. The Morgan fingerprint density at radius 3 is 1.94 bits per heavy atom. The van der Waals surface area contributed by atoms with Gasteiger partial charge in [0.05, 0.1) is 19.8 Å². The minimum atomic E-state index is -1.08. The summed E-state index contributed by atoms with van der Waals surface area (Å²) >= 11 is 0. The van der Waals surface area contributed by atoms with E-state index < -0.39 is 18.7 Å². The van der Waals surface area contributed by atoms with Gasteiger partial charge in [0.2, 0.25) is 0 Å². The van der Waals surface area contributed by atoms with Gasteiger partial charge in [0.15, 0.2) is 6.54 Å². The van der Waals surface area contributed by atoms with E-state index in [1.54, 1.807) is 0 Å². The Hall–Kier alpha value is -0.730. The van der Waals surface area contributed by atoms with Gasteiger partial charge >= 0.3 is 5.97 Å². The number of quaternary nitrogens is 1. The van der Waals surface area contributed by atoms with Gasteiger partial charge < -0.3 is 30.0 Å². The van der Waals surface area contributed by atoms with Crippen LogP contribution in [0.4, 0.5) is 0 Å². The van der Waals surface area contributed by atoms with Crippen LogP contribution in [-0.2, 0) is 4.79 Å². The normalized spacial score (nSPS) is 13.8. The largest absolute Gasteiger partial charge is 0.477 e. The second-order valence-corrected chi connectivity index (χ2v) is 3.81. The molecule has 0 fully saturated rings. The van der Waals surface area contributed by atoms with Crippen molar-refractivity contribution < 1.29 is 34.8 Å². The van der Waals surface area contributed by atoms with Gasteiger partial charge in [0, 0.05) is 0 Å². The van der Waals surface area contributed by atoms with Crippen molar-refractivity contribution in [3.8, 4) is 0 Å². The van der Waals surface area contributed by atoms with Crippen molar-refractivity contribution in [1.29, 1.82) is 0 Å². The molecular weight excluding hydrogens is 218 g/mol. The van der Waals surface area contributed by atoms with Gasteiger partial charge in [-0.2, -0.15) is 0 Å². The molecule has 96 valence electrons. The Kier molecular flexibility index (Phi) is 7.18. The molecule has 0 radical (unpaired) electrons. The molecule has 1 unspecified atom stereocenters. The fraction of sp³-hybridized carbons (Fsp3) is 0.889. The molecule has 0 aliphatic heterocycles. The first-order valence-electron chi connectivity index (χ1n) is 5.07. The zero-order valence-electron chi connectivity index (χ0n) is 9.12. The van der Waals surface area contributed by atoms with Gasteiger partial charge in [0.25, 0.3) is 0 Å². The highest BCUT2D eigenvalue weighted by Gasteiger charge is 2.32. The molecule has 0 aromatic rings. The average molecular weight is 238 g/mol. The minimum absolute atomic E-state index is 0.01000. The molecule has 0 aliphatic rings. The third-order valence-corrected chi connectivity index (χ3v) is 2.43. The van der Waals surface area contributed by atoms with E-state index in [0.717, 1.165) is 0 Å². The molecule has 0 rings (SSSR count). The molecule has 5 N–H and O–H groups in total. The fourth-order valence-corrected chi connectivity index (χ4v) is 1.73. The maximum atomic E-state index is 10.7. The van der Waals surface area contributed by atoms with E-state index in [1.165, 1.54) is 0 Å². The van der Waals surface area contributed by atoms with Crippen molar-refractivity contribution in [3.05, 3.63) is 0 Å². The predicted octanol–water partition coefficient (Wildman–Crippen LogP) is -2.77. The Morgan fingerprint density at radius 2 is 1.62 bits per heavy atom. The summed E-state index contributed by atoms with van der Waals surface area (Å²) in [4.78, 5) is 10.7. The number of hydrogen-bond acceptors (Lipinski definition) is 5. The van der Waals surface area contributed by atoms with Crippen molar-refractivity contribution in [2.75, 3.05) is 46.0 Å². The van der Waals surface area contributed by atoms with Gasteiger partial charge in [-0.05, 0) is 0 Å². The zero-order chi connectivity index (χ0) is 12.6. The van der Waals surface area contributed by atoms with Crippen LogP contribution >= 0.6 is 0 Å². The van der Waals surface area contributed by atoms with E-state index >= 15 is 0 Å². The lowest BCUT2D eigenvalue weighted by Gasteiger charge is -2.37. The van der Waals surface area contributed by atoms with Crippen LogP contribution in [0.2, 0.25) is 0 Å². The van der Waals surface area contributed by atoms with Gasteiger partial charge in [-0.25, -0.2) is 4.79 Å². The molecule has 0 saturated carbocycles. The summed E-state index contributed by atoms with van der Waals surface area (Å²) in [6, 6.07) is 0. The molecular formula is C9H20NO6+. The number of aliphatic hydroxyl groups is 4. The number of nitrogens with zero attached hydrogens (tertiary/aromatic N) is 1. The van der Waals surface area contributed by atoms with Crippen LogP contribution in [0.15, 0.2) is 0 Å². The lowest BCUT2D eigenvalue weighted by atomic mass is 10.2. The van der Waals surface area contributed by atoms with Gasteiger partial charge in [-0.15, -0.1) is 0 Å². The summed E-state index contributed by atoms with van der Waals surface area (Å²) in [5, 5.41) is 44.6. The summed E-state index contributed by atoms with van der Waals surface area (Å²) in [6.07, 6.45) is -1.06. The molecule has 0 aliphatic carbocycles. The van der Waals surface area contributed by atoms with E-state index in [-0.39, 0.29) is 43.9 Å². The highest BCUT2D eigenvalue weighted by molar-refractivity contribution is 5.67. The molecule has 0 spiro atoms. The third kappa shape index (κ3) is 5.38. The van der Waals surface area contributed by atoms with Crippen LogP contribution in [0.3, 0.4) is 0 Å². The molecule has 1 atom stereocenters. The second-order valence-electron chi connectivity index (χ2n) is 3.81. The molecule has 16 heavy (non-hydrogen) atoms. The monoisotopic (exact) mass is 238 g/mol. The molecule has 0 aromatic carbocycles. The number of hydrogen-bond donors (Lipinski definition) is 5. The first-order valence-corrected chi connectivity index (χ1v) is 5.07. The van der Waals surface area contributed by atoms with Crippen LogP contribution in [0.25, 0.3) is 0 Å². The summed E-state index contributed by atoms with van der Waals surface area (Å²) in [6.45, 7) is -1.05.